The zero-order valence-corrected chi connectivity index (χ0v) is 12.8. The smallest absolute Gasteiger partial charge is 0.271 e. The van der Waals surface area contributed by atoms with Crippen LogP contribution in [0, 0.1) is 0 Å². The molecule has 0 aromatic heterocycles. The highest BCUT2D eigenvalue weighted by Crippen LogP contribution is 2.09. The van der Waals surface area contributed by atoms with Crippen molar-refractivity contribution in [2.45, 2.75) is 13.3 Å². The number of nitrogens with zero attached hydrogens (tertiary/aromatic N) is 1. The molecule has 0 heterocycles. The number of amides is 1. The lowest BCUT2D eigenvalue weighted by atomic mass is 10.1. The highest BCUT2D eigenvalue weighted by atomic mass is 35.5. The van der Waals surface area contributed by atoms with Crippen LogP contribution in [0.3, 0.4) is 0 Å². The first-order chi connectivity index (χ1) is 10.6. The number of hydrogen-bond acceptors (Lipinski definition) is 3. The van der Waals surface area contributed by atoms with Crippen molar-refractivity contribution >= 4 is 29.0 Å². The molecule has 0 aliphatic carbocycles. The van der Waals surface area contributed by atoms with E-state index < -0.39 is 0 Å². The van der Waals surface area contributed by atoms with Gasteiger partial charge in [0.2, 0.25) is 0 Å². The maximum absolute atomic E-state index is 12.0. The molecule has 4 nitrogen and oxygen atoms in total. The normalized spacial score (nSPS) is 11.1. The Hall–Kier alpha value is -2.46. The van der Waals surface area contributed by atoms with E-state index in [1.807, 2.05) is 18.2 Å². The Kier molecular flexibility index (Phi) is 5.44. The van der Waals surface area contributed by atoms with Gasteiger partial charge in [0, 0.05) is 21.9 Å². The molecule has 0 aliphatic rings. The van der Waals surface area contributed by atoms with E-state index in [1.54, 1.807) is 43.3 Å². The SMILES string of the molecule is CC(CC(=O)c1ccccc1)=NNC(=O)c1ccc(Cl)cc1. The highest BCUT2D eigenvalue weighted by molar-refractivity contribution is 6.30. The second-order valence-electron chi connectivity index (χ2n) is 4.76. The topological polar surface area (TPSA) is 58.5 Å². The summed E-state index contributed by atoms with van der Waals surface area (Å²) in [6.07, 6.45) is 0.158. The van der Waals surface area contributed by atoms with Gasteiger partial charge in [-0.15, -0.1) is 0 Å². The largest absolute Gasteiger partial charge is 0.294 e. The fourth-order valence-corrected chi connectivity index (χ4v) is 1.94. The number of nitrogens with one attached hydrogen (secondary N) is 1. The fourth-order valence-electron chi connectivity index (χ4n) is 1.81. The number of carbonyl (C=O) groups excluding carboxylic acids is 2. The third kappa shape index (κ3) is 4.53. The van der Waals surface area contributed by atoms with Crippen LogP contribution in [0.1, 0.15) is 34.1 Å². The summed E-state index contributed by atoms with van der Waals surface area (Å²) < 4.78 is 0. The van der Waals surface area contributed by atoms with Crippen LogP contribution in [0.4, 0.5) is 0 Å². The first-order valence-electron chi connectivity index (χ1n) is 6.73. The molecule has 0 saturated carbocycles. The highest BCUT2D eigenvalue weighted by Gasteiger charge is 2.08. The van der Waals surface area contributed by atoms with Crippen LogP contribution in [0.25, 0.3) is 0 Å². The van der Waals surface area contributed by atoms with Crippen molar-refractivity contribution in [3.05, 3.63) is 70.7 Å². The Morgan fingerprint density at radius 2 is 1.64 bits per heavy atom. The quantitative estimate of drug-likeness (QED) is 0.519. The van der Waals surface area contributed by atoms with Gasteiger partial charge in [-0.3, -0.25) is 9.59 Å². The number of hydrogen-bond donors (Lipinski definition) is 1. The van der Waals surface area contributed by atoms with Gasteiger partial charge in [0.1, 0.15) is 0 Å². The molecular formula is C17H15ClN2O2. The van der Waals surface area contributed by atoms with Gasteiger partial charge in [-0.1, -0.05) is 41.9 Å². The number of halogens is 1. The van der Waals surface area contributed by atoms with Crippen LogP contribution in [0.5, 0.6) is 0 Å². The average Bonchev–Trinajstić information content (AvgIpc) is 2.54. The van der Waals surface area contributed by atoms with Gasteiger partial charge in [0.25, 0.3) is 5.91 Å². The average molecular weight is 315 g/mol. The number of ketones is 1. The third-order valence-corrected chi connectivity index (χ3v) is 3.22. The molecule has 0 spiro atoms. The Bertz CT molecular complexity index is 694. The predicted molar refractivity (Wildman–Crippen MR) is 87.4 cm³/mol. The van der Waals surface area contributed by atoms with E-state index in [9.17, 15) is 9.59 Å². The monoisotopic (exact) mass is 314 g/mol. The predicted octanol–water partition coefficient (Wildman–Crippen LogP) is 3.72. The molecule has 1 N–H and O–H groups in total. The van der Waals surface area contributed by atoms with E-state index in [0.717, 1.165) is 0 Å². The number of Topliss-reactive ketones (excluding diaryl/α,β-unsaturated/α-hetero) is 1. The molecule has 0 fully saturated rings. The van der Waals surface area contributed by atoms with E-state index in [0.29, 0.717) is 21.9 Å². The van der Waals surface area contributed by atoms with E-state index in [-0.39, 0.29) is 18.1 Å². The van der Waals surface area contributed by atoms with Crippen LogP contribution in [0.2, 0.25) is 5.02 Å². The van der Waals surface area contributed by atoms with Crippen molar-refractivity contribution in [2.24, 2.45) is 5.10 Å². The maximum atomic E-state index is 12.0. The minimum absolute atomic E-state index is 0.0393. The van der Waals surface area contributed by atoms with Gasteiger partial charge in [0.15, 0.2) is 5.78 Å². The minimum atomic E-state index is -0.344. The molecule has 22 heavy (non-hydrogen) atoms. The van der Waals surface area contributed by atoms with E-state index in [2.05, 4.69) is 10.5 Å². The zero-order chi connectivity index (χ0) is 15.9. The molecule has 0 unspecified atom stereocenters. The molecule has 0 atom stereocenters. The molecule has 0 saturated heterocycles. The van der Waals surface area contributed by atoms with Crippen LogP contribution >= 0.6 is 11.6 Å². The summed E-state index contributed by atoms with van der Waals surface area (Å²) in [5.41, 5.74) is 4.05. The standard InChI is InChI=1S/C17H15ClN2O2/c1-12(11-16(21)13-5-3-2-4-6-13)19-20-17(22)14-7-9-15(18)10-8-14/h2-10H,11H2,1H3,(H,20,22). The van der Waals surface area contributed by atoms with Gasteiger partial charge in [-0.05, 0) is 31.2 Å². The summed E-state index contributed by atoms with van der Waals surface area (Å²) in [4.78, 5) is 23.9. The number of carbonyl (C=O) groups is 2. The molecule has 112 valence electrons. The van der Waals surface area contributed by atoms with Crippen molar-refractivity contribution in [2.75, 3.05) is 0 Å². The molecule has 2 aromatic carbocycles. The van der Waals surface area contributed by atoms with Crippen molar-refractivity contribution in [1.82, 2.24) is 5.43 Å². The summed E-state index contributed by atoms with van der Waals surface area (Å²) >= 11 is 5.76. The number of rotatable bonds is 5. The van der Waals surface area contributed by atoms with E-state index >= 15 is 0 Å². The van der Waals surface area contributed by atoms with Gasteiger partial charge in [-0.25, -0.2) is 5.43 Å². The number of benzene rings is 2. The summed E-state index contributed by atoms with van der Waals surface area (Å²) in [5.74, 6) is -0.384. The maximum Gasteiger partial charge on any atom is 0.271 e. The van der Waals surface area contributed by atoms with Crippen LogP contribution in [-0.2, 0) is 0 Å². The second kappa shape index (κ2) is 7.52. The zero-order valence-electron chi connectivity index (χ0n) is 12.0. The molecule has 1 amide bonds. The van der Waals surface area contributed by atoms with Crippen LogP contribution in [0.15, 0.2) is 59.7 Å². The van der Waals surface area contributed by atoms with Crippen LogP contribution in [-0.4, -0.2) is 17.4 Å². The molecule has 0 aliphatic heterocycles. The van der Waals surface area contributed by atoms with E-state index in [4.69, 9.17) is 11.6 Å². The fraction of sp³-hybridized carbons (Fsp3) is 0.118. The summed E-state index contributed by atoms with van der Waals surface area (Å²) in [5, 5.41) is 4.51. The third-order valence-electron chi connectivity index (χ3n) is 2.97. The lowest BCUT2D eigenvalue weighted by Crippen LogP contribution is -2.19. The molecule has 0 bridgehead atoms. The number of hydrazone groups is 1. The van der Waals surface area contributed by atoms with Gasteiger partial charge in [-0.2, -0.15) is 5.10 Å². The molecule has 2 aromatic rings. The van der Waals surface area contributed by atoms with Crippen molar-refractivity contribution in [1.29, 1.82) is 0 Å². The van der Waals surface area contributed by atoms with Gasteiger partial charge >= 0.3 is 0 Å². The Balaban J connectivity index is 1.94. The first kappa shape index (κ1) is 15.9. The molecule has 5 heteroatoms. The van der Waals surface area contributed by atoms with Gasteiger partial charge in [0.05, 0.1) is 6.42 Å². The van der Waals surface area contributed by atoms with Gasteiger partial charge < -0.3 is 0 Å². The summed E-state index contributed by atoms with van der Waals surface area (Å²) in [7, 11) is 0. The molecular weight excluding hydrogens is 300 g/mol. The van der Waals surface area contributed by atoms with Crippen molar-refractivity contribution in [3.63, 3.8) is 0 Å². The van der Waals surface area contributed by atoms with E-state index in [1.165, 1.54) is 0 Å². The minimum Gasteiger partial charge on any atom is -0.294 e. The summed E-state index contributed by atoms with van der Waals surface area (Å²) in [6, 6.07) is 15.4. The Morgan fingerprint density at radius 3 is 2.27 bits per heavy atom. The second-order valence-corrected chi connectivity index (χ2v) is 5.20. The Labute approximate surface area is 133 Å². The van der Waals surface area contributed by atoms with Crippen LogP contribution < -0.4 is 5.43 Å². The molecule has 2 rings (SSSR count). The lowest BCUT2D eigenvalue weighted by molar-refractivity contribution is 0.0951. The van der Waals surface area contributed by atoms with Crippen molar-refractivity contribution < 1.29 is 9.59 Å². The first-order valence-corrected chi connectivity index (χ1v) is 7.11. The summed E-state index contributed by atoms with van der Waals surface area (Å²) in [6.45, 7) is 1.70. The van der Waals surface area contributed by atoms with Crippen molar-refractivity contribution in [3.8, 4) is 0 Å². The lowest BCUT2D eigenvalue weighted by Gasteiger charge is -2.03. The Morgan fingerprint density at radius 1 is 1.00 bits per heavy atom. The molecule has 0 radical (unpaired) electrons.